The highest BCUT2D eigenvalue weighted by Crippen LogP contribution is 2.37. The number of rotatable bonds is 4. The fourth-order valence-electron chi connectivity index (χ4n) is 2.12. The lowest BCUT2D eigenvalue weighted by atomic mass is 10.0. The Kier molecular flexibility index (Phi) is 4.74. The summed E-state index contributed by atoms with van der Waals surface area (Å²) in [6.45, 7) is 2.28. The highest BCUT2D eigenvalue weighted by atomic mass is 35.5. The van der Waals surface area contributed by atoms with Crippen LogP contribution in [-0.2, 0) is 0 Å². The van der Waals surface area contributed by atoms with Crippen molar-refractivity contribution in [3.05, 3.63) is 28.8 Å². The van der Waals surface area contributed by atoms with Crippen molar-refractivity contribution in [3.63, 3.8) is 0 Å². The van der Waals surface area contributed by atoms with Crippen molar-refractivity contribution in [1.82, 2.24) is 5.32 Å². The van der Waals surface area contributed by atoms with Crippen LogP contribution in [0.15, 0.2) is 23.1 Å². The Hall–Kier alpha value is -0.220. The Morgan fingerprint density at radius 2 is 2.41 bits per heavy atom. The van der Waals surface area contributed by atoms with E-state index in [0.717, 1.165) is 23.6 Å². The van der Waals surface area contributed by atoms with Crippen molar-refractivity contribution in [3.8, 4) is 0 Å². The molecule has 0 fully saturated rings. The molecule has 1 aromatic carbocycles. The number of hydrogen-bond donors (Lipinski definition) is 2. The predicted octanol–water partition coefficient (Wildman–Crippen LogP) is 3.24. The molecule has 2 unspecified atom stereocenters. The molecule has 0 amide bonds. The molecule has 0 saturated carbocycles. The van der Waals surface area contributed by atoms with Gasteiger partial charge in [0.25, 0.3) is 0 Å². The maximum atomic E-state index is 9.27. The molecule has 94 valence electrons. The Balaban J connectivity index is 2.18. The van der Waals surface area contributed by atoms with Crippen LogP contribution in [0.2, 0.25) is 5.02 Å². The molecule has 2 nitrogen and oxygen atoms in total. The van der Waals surface area contributed by atoms with Gasteiger partial charge in [-0.3, -0.25) is 0 Å². The normalized spacial score (nSPS) is 21.0. The third-order valence-electron chi connectivity index (χ3n) is 3.16. The van der Waals surface area contributed by atoms with Crippen LogP contribution in [0, 0.1) is 0 Å². The monoisotopic (exact) mass is 271 g/mol. The smallest absolute Gasteiger partial charge is 0.0584 e. The Bertz CT molecular complexity index is 382. The first-order valence-corrected chi connectivity index (χ1v) is 7.40. The number of aliphatic hydroxyl groups excluding tert-OH is 1. The minimum Gasteiger partial charge on any atom is -0.395 e. The van der Waals surface area contributed by atoms with E-state index in [0.29, 0.717) is 6.04 Å². The molecule has 2 N–H and O–H groups in total. The van der Waals surface area contributed by atoms with Crippen molar-refractivity contribution < 1.29 is 5.11 Å². The number of aliphatic hydroxyl groups is 1. The van der Waals surface area contributed by atoms with Gasteiger partial charge in [-0.2, -0.15) is 0 Å². The van der Waals surface area contributed by atoms with Gasteiger partial charge in [-0.25, -0.2) is 0 Å². The largest absolute Gasteiger partial charge is 0.395 e. The fraction of sp³-hybridized carbons (Fsp3) is 0.538. The third kappa shape index (κ3) is 3.16. The Labute approximate surface area is 112 Å². The topological polar surface area (TPSA) is 32.3 Å². The lowest BCUT2D eigenvalue weighted by Gasteiger charge is -2.29. The molecule has 1 heterocycles. The van der Waals surface area contributed by atoms with E-state index >= 15 is 0 Å². The average Bonchev–Trinajstić information content (AvgIpc) is 2.36. The number of hydrogen-bond acceptors (Lipinski definition) is 3. The molecule has 0 aliphatic carbocycles. The average molecular weight is 272 g/mol. The lowest BCUT2D eigenvalue weighted by Crippen LogP contribution is -2.36. The molecule has 4 heteroatoms. The minimum absolute atomic E-state index is 0.176. The molecule has 0 bridgehead atoms. The van der Waals surface area contributed by atoms with E-state index in [2.05, 4.69) is 18.3 Å². The minimum atomic E-state index is 0.176. The van der Waals surface area contributed by atoms with Gasteiger partial charge in [0, 0.05) is 22.0 Å². The van der Waals surface area contributed by atoms with Crippen molar-refractivity contribution in [2.75, 3.05) is 12.4 Å². The second-order valence-electron chi connectivity index (χ2n) is 4.33. The van der Waals surface area contributed by atoms with Crippen LogP contribution in [0.1, 0.15) is 31.4 Å². The van der Waals surface area contributed by atoms with Gasteiger partial charge in [0.15, 0.2) is 0 Å². The van der Waals surface area contributed by atoms with Crippen molar-refractivity contribution >= 4 is 23.4 Å². The maximum absolute atomic E-state index is 9.27. The third-order valence-corrected chi connectivity index (χ3v) is 4.52. The predicted molar refractivity (Wildman–Crippen MR) is 73.8 cm³/mol. The molecular weight excluding hydrogens is 254 g/mol. The van der Waals surface area contributed by atoms with Gasteiger partial charge >= 0.3 is 0 Å². The first kappa shape index (κ1) is 13.2. The number of benzene rings is 1. The molecule has 1 aliphatic rings. The van der Waals surface area contributed by atoms with Gasteiger partial charge in [-0.1, -0.05) is 18.5 Å². The number of fused-ring (bicyclic) bond motifs is 1. The van der Waals surface area contributed by atoms with E-state index in [9.17, 15) is 5.11 Å². The van der Waals surface area contributed by atoms with E-state index < -0.39 is 0 Å². The first-order chi connectivity index (χ1) is 8.24. The molecule has 0 spiro atoms. The van der Waals surface area contributed by atoms with Gasteiger partial charge in [0.1, 0.15) is 0 Å². The second kappa shape index (κ2) is 6.10. The molecule has 2 atom stereocenters. The zero-order valence-electron chi connectivity index (χ0n) is 9.95. The van der Waals surface area contributed by atoms with Gasteiger partial charge in [0.05, 0.1) is 6.61 Å². The summed E-state index contributed by atoms with van der Waals surface area (Å²) in [5, 5.41) is 13.6. The van der Waals surface area contributed by atoms with Gasteiger partial charge in [-0.15, -0.1) is 11.8 Å². The highest BCUT2D eigenvalue weighted by molar-refractivity contribution is 7.99. The quantitative estimate of drug-likeness (QED) is 0.882. The molecule has 2 rings (SSSR count). The molecular formula is C13H18ClNOS. The van der Waals surface area contributed by atoms with Crippen LogP contribution in [0.3, 0.4) is 0 Å². The van der Waals surface area contributed by atoms with E-state index in [1.54, 1.807) is 0 Å². The van der Waals surface area contributed by atoms with Gasteiger partial charge < -0.3 is 10.4 Å². The van der Waals surface area contributed by atoms with Gasteiger partial charge in [0.2, 0.25) is 0 Å². The summed E-state index contributed by atoms with van der Waals surface area (Å²) in [5.41, 5.74) is 1.28. The van der Waals surface area contributed by atoms with E-state index in [1.165, 1.54) is 10.5 Å². The Morgan fingerprint density at radius 3 is 3.12 bits per heavy atom. The summed E-state index contributed by atoms with van der Waals surface area (Å²) >= 11 is 7.94. The number of halogens is 1. The molecule has 17 heavy (non-hydrogen) atoms. The highest BCUT2D eigenvalue weighted by Gasteiger charge is 2.22. The van der Waals surface area contributed by atoms with E-state index in [-0.39, 0.29) is 12.6 Å². The molecule has 1 aliphatic heterocycles. The van der Waals surface area contributed by atoms with Crippen LogP contribution in [0.4, 0.5) is 0 Å². The Morgan fingerprint density at radius 1 is 1.59 bits per heavy atom. The van der Waals surface area contributed by atoms with Crippen LogP contribution in [0.5, 0.6) is 0 Å². The van der Waals surface area contributed by atoms with Crippen molar-refractivity contribution in [2.24, 2.45) is 0 Å². The number of nitrogens with one attached hydrogen (secondary N) is 1. The van der Waals surface area contributed by atoms with Crippen LogP contribution in [0.25, 0.3) is 0 Å². The molecule has 0 radical (unpaired) electrons. The van der Waals surface area contributed by atoms with E-state index in [4.69, 9.17) is 11.6 Å². The van der Waals surface area contributed by atoms with Crippen molar-refractivity contribution in [2.45, 2.75) is 36.7 Å². The summed E-state index contributed by atoms with van der Waals surface area (Å²) < 4.78 is 0. The second-order valence-corrected chi connectivity index (χ2v) is 5.90. The number of thioether (sulfide) groups is 1. The summed E-state index contributed by atoms with van der Waals surface area (Å²) in [6.07, 6.45) is 2.03. The summed E-state index contributed by atoms with van der Waals surface area (Å²) in [7, 11) is 0. The van der Waals surface area contributed by atoms with Crippen LogP contribution < -0.4 is 5.32 Å². The molecule has 1 aromatic rings. The first-order valence-electron chi connectivity index (χ1n) is 6.03. The van der Waals surface area contributed by atoms with E-state index in [1.807, 2.05) is 23.9 Å². The summed E-state index contributed by atoms with van der Waals surface area (Å²) in [5.74, 6) is 1.12. The lowest BCUT2D eigenvalue weighted by molar-refractivity contribution is 0.226. The standard InChI is InChI=1S/C13H18ClNOS/c1-2-10(8-16)15-12-5-6-17-13-4-3-9(14)7-11(12)13/h3-4,7,10,12,15-16H,2,5-6,8H2,1H3. The SMILES string of the molecule is CCC(CO)NC1CCSc2ccc(Cl)cc21. The fourth-order valence-corrected chi connectivity index (χ4v) is 3.41. The zero-order valence-corrected chi connectivity index (χ0v) is 11.5. The van der Waals surface area contributed by atoms with Gasteiger partial charge in [-0.05, 0) is 42.4 Å². The summed E-state index contributed by atoms with van der Waals surface area (Å²) in [4.78, 5) is 1.31. The maximum Gasteiger partial charge on any atom is 0.0584 e. The molecule has 0 saturated heterocycles. The molecule has 0 aromatic heterocycles. The van der Waals surface area contributed by atoms with Crippen LogP contribution in [-0.4, -0.2) is 23.5 Å². The zero-order chi connectivity index (χ0) is 12.3. The van der Waals surface area contributed by atoms with Crippen molar-refractivity contribution in [1.29, 1.82) is 0 Å². The van der Waals surface area contributed by atoms with Crippen LogP contribution >= 0.6 is 23.4 Å². The summed E-state index contributed by atoms with van der Waals surface area (Å²) in [6, 6.07) is 6.58.